The van der Waals surface area contributed by atoms with Gasteiger partial charge in [-0.05, 0) is 48.5 Å². The summed E-state index contributed by atoms with van der Waals surface area (Å²) in [5.41, 5.74) is 0. The number of rotatable bonds is 2. The molecule has 0 radical (unpaired) electrons. The van der Waals surface area contributed by atoms with Gasteiger partial charge in [-0.25, -0.2) is 0 Å². The number of halogens is 3. The Morgan fingerprint density at radius 2 is 0.938 bits per heavy atom. The van der Waals surface area contributed by atoms with Crippen LogP contribution in [-0.2, 0) is 0 Å². The van der Waals surface area contributed by atoms with Crippen molar-refractivity contribution in [1.29, 1.82) is 0 Å². The molecule has 0 saturated heterocycles. The summed E-state index contributed by atoms with van der Waals surface area (Å²) < 4.78 is 2.72. The predicted octanol–water partition coefficient (Wildman–Crippen LogP) is -0.0621. The van der Waals surface area contributed by atoms with Crippen LogP contribution < -0.4 is 21.2 Å². The first-order valence-corrected chi connectivity index (χ1v) is 7.31. The van der Waals surface area contributed by atoms with Crippen LogP contribution in [0.5, 0.6) is 0 Å². The Bertz CT molecular complexity index is 396. The molecule has 0 aliphatic carbocycles. The molecule has 0 fully saturated rings. The van der Waals surface area contributed by atoms with Gasteiger partial charge in [0.05, 0.1) is 0 Å². The van der Waals surface area contributed by atoms with E-state index in [4.69, 9.17) is 23.2 Å². The summed E-state index contributed by atoms with van der Waals surface area (Å²) >= 11 is 11.5. The molecular formula is C12H11AsCl2I+. The zero-order valence-corrected chi connectivity index (χ0v) is 15.1. The molecule has 0 bridgehead atoms. The van der Waals surface area contributed by atoms with Crippen LogP contribution >= 0.6 is 23.2 Å². The summed E-state index contributed by atoms with van der Waals surface area (Å²) in [5.74, 6) is 0. The topological polar surface area (TPSA) is 0 Å². The SMILES string of the molecule is Clc1ccc([I+]c2ccc(Cl)cc2)cc1.[AsH3]. The second-order valence-corrected chi connectivity index (χ2v) is 6.87. The van der Waals surface area contributed by atoms with Gasteiger partial charge in [-0.15, -0.1) is 0 Å². The molecule has 16 heavy (non-hydrogen) atoms. The fourth-order valence-corrected chi connectivity index (χ4v) is 3.52. The third-order valence-electron chi connectivity index (χ3n) is 1.83. The molecule has 2 rings (SSSR count). The Labute approximate surface area is 127 Å². The van der Waals surface area contributed by atoms with E-state index in [0.29, 0.717) is 0 Å². The standard InChI is InChI=1S/C12H8Cl2I.AsH3/c13-9-1-5-11(6-2-9)15-12-7-3-10(14)4-8-12;/h1-8H;1H3/q+1;. The molecule has 0 aliphatic heterocycles. The molecule has 4 heteroatoms. The van der Waals surface area contributed by atoms with Crippen molar-refractivity contribution >= 4 is 41.2 Å². The van der Waals surface area contributed by atoms with Crippen LogP contribution in [0.3, 0.4) is 0 Å². The Kier molecular flexibility index (Phi) is 6.20. The van der Waals surface area contributed by atoms with Crippen molar-refractivity contribution in [3.05, 3.63) is 65.7 Å². The van der Waals surface area contributed by atoms with Crippen LogP contribution in [0.25, 0.3) is 0 Å². The van der Waals surface area contributed by atoms with Crippen molar-refractivity contribution in [2.24, 2.45) is 0 Å². The normalized spacial score (nSPS) is 9.62. The van der Waals surface area contributed by atoms with Gasteiger partial charge in [0.15, 0.2) is 7.14 Å². The molecule has 1 unspecified atom stereocenters. The molecular weight excluding hydrogens is 417 g/mol. The van der Waals surface area contributed by atoms with Crippen LogP contribution in [0.4, 0.5) is 0 Å². The summed E-state index contributed by atoms with van der Waals surface area (Å²) in [6.45, 7) is 0. The van der Waals surface area contributed by atoms with E-state index in [0.717, 1.165) is 10.0 Å². The van der Waals surface area contributed by atoms with E-state index in [1.807, 2.05) is 24.3 Å². The molecule has 0 spiro atoms. The minimum absolute atomic E-state index is 0. The third kappa shape index (κ3) is 4.29. The monoisotopic (exact) mass is 427 g/mol. The van der Waals surface area contributed by atoms with Gasteiger partial charge in [0.25, 0.3) is 0 Å². The maximum atomic E-state index is 5.83. The van der Waals surface area contributed by atoms with Gasteiger partial charge >= 0.3 is 39.2 Å². The predicted molar refractivity (Wildman–Crippen MR) is 70.2 cm³/mol. The fraction of sp³-hybridized carbons (Fsp3) is 0. The van der Waals surface area contributed by atoms with E-state index in [1.165, 1.54) is 7.14 Å². The molecule has 2 aromatic carbocycles. The van der Waals surface area contributed by atoms with Gasteiger partial charge in [0, 0.05) is 10.0 Å². The van der Waals surface area contributed by atoms with Crippen molar-refractivity contribution in [2.45, 2.75) is 0 Å². The molecule has 0 N–H and O–H groups in total. The first-order valence-electron chi connectivity index (χ1n) is 4.40. The van der Waals surface area contributed by atoms with Crippen molar-refractivity contribution < 1.29 is 21.2 Å². The number of hydrogen-bond donors (Lipinski definition) is 0. The van der Waals surface area contributed by atoms with Crippen LogP contribution in [0.15, 0.2) is 48.5 Å². The summed E-state index contributed by atoms with van der Waals surface area (Å²) in [5, 5.41) is 1.58. The Morgan fingerprint density at radius 1 is 0.625 bits per heavy atom. The Balaban J connectivity index is 0.00000128. The maximum absolute atomic E-state index is 5.83. The van der Waals surface area contributed by atoms with Crippen LogP contribution in [0.1, 0.15) is 0 Å². The molecule has 1 atom stereocenters. The number of benzene rings is 2. The Hall–Kier alpha value is 0.308. The molecule has 0 aliphatic rings. The van der Waals surface area contributed by atoms with Crippen LogP contribution in [-0.4, -0.2) is 18.0 Å². The first-order chi connectivity index (χ1) is 7.24. The van der Waals surface area contributed by atoms with E-state index in [9.17, 15) is 0 Å². The summed E-state index contributed by atoms with van der Waals surface area (Å²) in [6, 6.07) is 16.1. The second-order valence-electron chi connectivity index (χ2n) is 2.97. The minimum atomic E-state index is -0.114. The van der Waals surface area contributed by atoms with Crippen LogP contribution in [0, 0.1) is 7.14 Å². The summed E-state index contributed by atoms with van der Waals surface area (Å²) in [7, 11) is 0. The summed E-state index contributed by atoms with van der Waals surface area (Å²) in [4.78, 5) is 0. The van der Waals surface area contributed by atoms with Gasteiger partial charge in [-0.3, -0.25) is 0 Å². The molecule has 0 heterocycles. The van der Waals surface area contributed by atoms with Gasteiger partial charge in [0.1, 0.15) is 0 Å². The molecule has 0 nitrogen and oxygen atoms in total. The second kappa shape index (κ2) is 6.90. The molecule has 84 valence electrons. The molecule has 2 aromatic rings. The fourth-order valence-electron chi connectivity index (χ4n) is 1.11. The van der Waals surface area contributed by atoms with E-state index < -0.39 is 0 Å². The quantitative estimate of drug-likeness (QED) is 0.465. The van der Waals surface area contributed by atoms with E-state index >= 15 is 0 Å². The first kappa shape index (κ1) is 14.4. The van der Waals surface area contributed by atoms with Crippen molar-refractivity contribution in [3.63, 3.8) is 0 Å². The van der Waals surface area contributed by atoms with Gasteiger partial charge in [-0.2, -0.15) is 0 Å². The average molecular weight is 428 g/mol. The zero-order chi connectivity index (χ0) is 10.7. The third-order valence-corrected chi connectivity index (χ3v) is 5.01. The van der Waals surface area contributed by atoms with Gasteiger partial charge in [-0.1, -0.05) is 23.2 Å². The Morgan fingerprint density at radius 3 is 1.25 bits per heavy atom. The number of hydrogen-bond acceptors (Lipinski definition) is 0. The van der Waals surface area contributed by atoms with E-state index in [-0.39, 0.29) is 39.2 Å². The molecule has 0 aromatic heterocycles. The van der Waals surface area contributed by atoms with E-state index in [2.05, 4.69) is 24.3 Å². The summed E-state index contributed by atoms with van der Waals surface area (Å²) in [6.07, 6.45) is 0. The van der Waals surface area contributed by atoms with Crippen LogP contribution in [0.2, 0.25) is 10.0 Å². The van der Waals surface area contributed by atoms with Gasteiger partial charge in [0.2, 0.25) is 0 Å². The van der Waals surface area contributed by atoms with Gasteiger partial charge < -0.3 is 0 Å². The van der Waals surface area contributed by atoms with Crippen molar-refractivity contribution in [2.75, 3.05) is 0 Å². The van der Waals surface area contributed by atoms with E-state index in [1.54, 1.807) is 0 Å². The molecule has 0 saturated carbocycles. The molecule has 0 amide bonds. The van der Waals surface area contributed by atoms with Crippen molar-refractivity contribution in [3.8, 4) is 0 Å². The zero-order valence-electron chi connectivity index (χ0n) is 8.46. The average Bonchev–Trinajstić information content (AvgIpc) is 2.25. The van der Waals surface area contributed by atoms with Crippen molar-refractivity contribution in [1.82, 2.24) is 0 Å².